The highest BCUT2D eigenvalue weighted by Crippen LogP contribution is 2.28. The van der Waals surface area contributed by atoms with E-state index in [-0.39, 0.29) is 12.6 Å². The van der Waals surface area contributed by atoms with E-state index in [1.54, 1.807) is 18.9 Å². The maximum atomic E-state index is 9.09. The first-order valence-electron chi connectivity index (χ1n) is 6.31. The Labute approximate surface area is 128 Å². The summed E-state index contributed by atoms with van der Waals surface area (Å²) in [5.74, 6) is 1.84. The zero-order chi connectivity index (χ0) is 14.3. The van der Waals surface area contributed by atoms with E-state index in [1.807, 2.05) is 12.1 Å². The lowest BCUT2D eigenvalue weighted by molar-refractivity contribution is 0.265. The molecule has 0 saturated carbocycles. The fraction of sp³-hybridized carbons (Fsp3) is 0.571. The second-order valence-corrected chi connectivity index (χ2v) is 6.21. The number of nitrogens with one attached hydrogen (secondary N) is 1. The Morgan fingerprint density at radius 2 is 2.21 bits per heavy atom. The van der Waals surface area contributed by atoms with Gasteiger partial charge in [-0.25, -0.2) is 0 Å². The van der Waals surface area contributed by atoms with Crippen LogP contribution in [0.2, 0.25) is 0 Å². The third-order valence-corrected chi connectivity index (χ3v) is 4.43. The Kier molecular flexibility index (Phi) is 7.83. The van der Waals surface area contributed by atoms with E-state index in [2.05, 4.69) is 40.5 Å². The molecular formula is C14H22BrNO2S. The number of rotatable bonds is 8. The summed E-state index contributed by atoms with van der Waals surface area (Å²) in [6.07, 6.45) is 2.86. The van der Waals surface area contributed by atoms with Crippen molar-refractivity contribution in [2.24, 2.45) is 0 Å². The molecule has 2 unspecified atom stereocenters. The van der Waals surface area contributed by atoms with Gasteiger partial charge >= 0.3 is 0 Å². The fourth-order valence-electron chi connectivity index (χ4n) is 2.00. The molecule has 19 heavy (non-hydrogen) atoms. The van der Waals surface area contributed by atoms with Crippen LogP contribution in [0.1, 0.15) is 24.9 Å². The SMILES string of the molecule is COc1ccc(C(C)NC(CCO)CSC)c(Br)c1. The van der Waals surface area contributed by atoms with Crippen LogP contribution < -0.4 is 10.1 Å². The van der Waals surface area contributed by atoms with Crippen LogP contribution in [0.15, 0.2) is 22.7 Å². The first-order valence-corrected chi connectivity index (χ1v) is 8.50. The standard InChI is InChI=1S/C14H22BrNO2S/c1-10(16-11(6-7-17)9-19-3)13-5-4-12(18-2)8-14(13)15/h4-5,8,10-11,16-17H,6-7,9H2,1-3H3. The molecule has 0 aliphatic rings. The molecular weight excluding hydrogens is 326 g/mol. The van der Waals surface area contributed by atoms with Crippen molar-refractivity contribution in [2.75, 3.05) is 25.7 Å². The van der Waals surface area contributed by atoms with E-state index in [4.69, 9.17) is 9.84 Å². The molecule has 0 bridgehead atoms. The molecule has 0 aliphatic heterocycles. The minimum absolute atomic E-state index is 0.217. The van der Waals surface area contributed by atoms with Gasteiger partial charge in [0.15, 0.2) is 0 Å². The molecule has 0 fully saturated rings. The maximum absolute atomic E-state index is 9.09. The van der Waals surface area contributed by atoms with E-state index in [9.17, 15) is 0 Å². The normalized spacial score (nSPS) is 14.2. The molecule has 1 aromatic rings. The Morgan fingerprint density at radius 1 is 1.47 bits per heavy atom. The number of aliphatic hydroxyl groups is 1. The van der Waals surface area contributed by atoms with Crippen LogP contribution >= 0.6 is 27.7 Å². The summed E-state index contributed by atoms with van der Waals surface area (Å²) in [5, 5.41) is 12.7. The van der Waals surface area contributed by atoms with Gasteiger partial charge in [-0.1, -0.05) is 22.0 Å². The van der Waals surface area contributed by atoms with Crippen molar-refractivity contribution >= 4 is 27.7 Å². The molecule has 2 atom stereocenters. The number of halogens is 1. The van der Waals surface area contributed by atoms with Gasteiger partial charge < -0.3 is 15.2 Å². The molecule has 0 amide bonds. The van der Waals surface area contributed by atoms with Gasteiger partial charge in [0.1, 0.15) is 5.75 Å². The van der Waals surface area contributed by atoms with Gasteiger partial charge in [-0.2, -0.15) is 11.8 Å². The van der Waals surface area contributed by atoms with E-state index >= 15 is 0 Å². The van der Waals surface area contributed by atoms with Crippen LogP contribution in [0.25, 0.3) is 0 Å². The average molecular weight is 348 g/mol. The topological polar surface area (TPSA) is 41.5 Å². The van der Waals surface area contributed by atoms with Gasteiger partial charge in [0.25, 0.3) is 0 Å². The van der Waals surface area contributed by atoms with Crippen LogP contribution in [0, 0.1) is 0 Å². The highest BCUT2D eigenvalue weighted by Gasteiger charge is 2.15. The molecule has 0 aromatic heterocycles. The van der Waals surface area contributed by atoms with Crippen LogP contribution in [-0.4, -0.2) is 36.9 Å². The lowest BCUT2D eigenvalue weighted by atomic mass is 10.1. The average Bonchev–Trinajstić information content (AvgIpc) is 2.38. The smallest absolute Gasteiger partial charge is 0.120 e. The number of ether oxygens (including phenoxy) is 1. The predicted octanol–water partition coefficient (Wildman–Crippen LogP) is 3.22. The van der Waals surface area contributed by atoms with Gasteiger partial charge in [-0.3, -0.25) is 0 Å². The highest BCUT2D eigenvalue weighted by molar-refractivity contribution is 9.10. The van der Waals surface area contributed by atoms with Crippen molar-refractivity contribution in [3.05, 3.63) is 28.2 Å². The molecule has 0 heterocycles. The third kappa shape index (κ3) is 5.34. The van der Waals surface area contributed by atoms with Crippen molar-refractivity contribution in [3.63, 3.8) is 0 Å². The van der Waals surface area contributed by atoms with Crippen molar-refractivity contribution < 1.29 is 9.84 Å². The van der Waals surface area contributed by atoms with E-state index < -0.39 is 0 Å². The summed E-state index contributed by atoms with van der Waals surface area (Å²) in [7, 11) is 1.67. The molecule has 3 nitrogen and oxygen atoms in total. The van der Waals surface area contributed by atoms with Crippen LogP contribution in [0.5, 0.6) is 5.75 Å². The quantitative estimate of drug-likeness (QED) is 0.757. The molecule has 0 aliphatic carbocycles. The Balaban J connectivity index is 2.73. The molecule has 2 N–H and O–H groups in total. The summed E-state index contributed by atoms with van der Waals surface area (Å²) in [6.45, 7) is 2.35. The predicted molar refractivity (Wildman–Crippen MR) is 86.1 cm³/mol. The van der Waals surface area contributed by atoms with Crippen molar-refractivity contribution in [1.82, 2.24) is 5.32 Å². The van der Waals surface area contributed by atoms with E-state index in [0.717, 1.165) is 22.4 Å². The molecule has 5 heteroatoms. The van der Waals surface area contributed by atoms with E-state index in [0.29, 0.717) is 6.04 Å². The minimum Gasteiger partial charge on any atom is -0.497 e. The Bertz CT molecular complexity index is 384. The summed E-state index contributed by atoms with van der Waals surface area (Å²) >= 11 is 5.37. The number of hydrogen-bond donors (Lipinski definition) is 2. The van der Waals surface area contributed by atoms with Gasteiger partial charge in [-0.15, -0.1) is 0 Å². The minimum atomic E-state index is 0.217. The summed E-state index contributed by atoms with van der Waals surface area (Å²) in [5.41, 5.74) is 1.20. The summed E-state index contributed by atoms with van der Waals surface area (Å²) in [4.78, 5) is 0. The van der Waals surface area contributed by atoms with Gasteiger partial charge in [0.2, 0.25) is 0 Å². The van der Waals surface area contributed by atoms with Gasteiger partial charge in [-0.05, 0) is 37.3 Å². The fourth-order valence-corrected chi connectivity index (χ4v) is 3.37. The number of aliphatic hydroxyl groups excluding tert-OH is 1. The first kappa shape index (κ1) is 16.8. The monoisotopic (exact) mass is 347 g/mol. The molecule has 0 radical (unpaired) electrons. The summed E-state index contributed by atoms with van der Waals surface area (Å²) in [6, 6.07) is 6.56. The maximum Gasteiger partial charge on any atom is 0.120 e. The van der Waals surface area contributed by atoms with Crippen molar-refractivity contribution in [2.45, 2.75) is 25.4 Å². The molecule has 108 valence electrons. The largest absolute Gasteiger partial charge is 0.497 e. The highest BCUT2D eigenvalue weighted by atomic mass is 79.9. The van der Waals surface area contributed by atoms with Crippen molar-refractivity contribution in [1.29, 1.82) is 0 Å². The second-order valence-electron chi connectivity index (χ2n) is 4.44. The lowest BCUT2D eigenvalue weighted by Crippen LogP contribution is -2.34. The van der Waals surface area contributed by atoms with Crippen molar-refractivity contribution in [3.8, 4) is 5.75 Å². The Hall–Kier alpha value is -0.230. The van der Waals surface area contributed by atoms with Crippen LogP contribution in [-0.2, 0) is 0 Å². The number of hydrogen-bond acceptors (Lipinski definition) is 4. The third-order valence-electron chi connectivity index (χ3n) is 3.01. The first-order chi connectivity index (χ1) is 9.12. The molecule has 1 rings (SSSR count). The van der Waals surface area contributed by atoms with Gasteiger partial charge in [0, 0.05) is 28.9 Å². The molecule has 0 saturated heterocycles. The van der Waals surface area contributed by atoms with E-state index in [1.165, 1.54) is 5.56 Å². The summed E-state index contributed by atoms with van der Waals surface area (Å²) < 4.78 is 6.24. The van der Waals surface area contributed by atoms with Crippen LogP contribution in [0.4, 0.5) is 0 Å². The zero-order valence-electron chi connectivity index (χ0n) is 11.6. The second kappa shape index (κ2) is 8.84. The number of thioether (sulfide) groups is 1. The number of methoxy groups -OCH3 is 1. The number of benzene rings is 1. The van der Waals surface area contributed by atoms with Gasteiger partial charge in [0.05, 0.1) is 7.11 Å². The molecule has 0 spiro atoms. The zero-order valence-corrected chi connectivity index (χ0v) is 14.1. The molecule has 1 aromatic carbocycles. The Morgan fingerprint density at radius 3 is 2.74 bits per heavy atom. The lowest BCUT2D eigenvalue weighted by Gasteiger charge is -2.23. The van der Waals surface area contributed by atoms with Crippen LogP contribution in [0.3, 0.4) is 0 Å².